The second-order valence-corrected chi connectivity index (χ2v) is 5.72. The lowest BCUT2D eigenvalue weighted by Gasteiger charge is -2.40. The fraction of sp³-hybridized carbons (Fsp3) is 0.667. The van der Waals surface area contributed by atoms with Crippen LogP contribution in [0.25, 0.3) is 0 Å². The zero-order valence-electron chi connectivity index (χ0n) is 11.6. The van der Waals surface area contributed by atoms with Crippen LogP contribution >= 0.6 is 0 Å². The van der Waals surface area contributed by atoms with E-state index in [4.69, 9.17) is 4.74 Å². The van der Waals surface area contributed by atoms with Crippen molar-refractivity contribution in [2.75, 3.05) is 19.7 Å². The van der Waals surface area contributed by atoms with Gasteiger partial charge in [-0.1, -0.05) is 19.8 Å². The quantitative estimate of drug-likeness (QED) is 0.889. The molecule has 4 heteroatoms. The molecule has 1 aliphatic carbocycles. The molecule has 0 atom stereocenters. The van der Waals surface area contributed by atoms with Crippen LogP contribution in [0.1, 0.15) is 48.8 Å². The summed E-state index contributed by atoms with van der Waals surface area (Å²) in [6.07, 6.45) is 5.58. The van der Waals surface area contributed by atoms with Crippen LogP contribution in [0.2, 0.25) is 0 Å². The average Bonchev–Trinajstić information content (AvgIpc) is 3.07. The van der Waals surface area contributed by atoms with Gasteiger partial charge in [-0.2, -0.15) is 0 Å². The van der Waals surface area contributed by atoms with E-state index in [2.05, 4.69) is 11.9 Å². The summed E-state index contributed by atoms with van der Waals surface area (Å²) in [7, 11) is 0. The number of hydrogen-bond acceptors (Lipinski definition) is 2. The smallest absolute Gasteiger partial charge is 0.270 e. The van der Waals surface area contributed by atoms with Gasteiger partial charge >= 0.3 is 0 Å². The first-order chi connectivity index (χ1) is 9.22. The Bertz CT molecular complexity index is 460. The molecular formula is C15H22N2O2. The molecule has 1 aromatic heterocycles. The van der Waals surface area contributed by atoms with E-state index < -0.39 is 0 Å². The molecule has 1 spiro atoms. The molecule has 0 aromatic carbocycles. The van der Waals surface area contributed by atoms with Gasteiger partial charge in [0.2, 0.25) is 0 Å². The minimum absolute atomic E-state index is 0.0475. The molecule has 1 aliphatic heterocycles. The first-order valence-electron chi connectivity index (χ1n) is 7.33. The molecule has 2 heterocycles. The molecule has 3 rings (SSSR count). The lowest BCUT2D eigenvalue weighted by atomic mass is 9.99. The van der Waals surface area contributed by atoms with Crippen molar-refractivity contribution in [1.82, 2.24) is 9.88 Å². The molecule has 4 nitrogen and oxygen atoms in total. The highest BCUT2D eigenvalue weighted by atomic mass is 16.5. The number of nitrogens with zero attached hydrogens (tertiary/aromatic N) is 1. The number of H-pyrrole nitrogens is 1. The number of nitrogens with one attached hydrogen (secondary N) is 1. The predicted molar refractivity (Wildman–Crippen MR) is 73.2 cm³/mol. The Morgan fingerprint density at radius 2 is 2.21 bits per heavy atom. The fourth-order valence-corrected chi connectivity index (χ4v) is 3.28. The summed E-state index contributed by atoms with van der Waals surface area (Å²) in [4.78, 5) is 17.7. The number of hydrogen-bond donors (Lipinski definition) is 1. The number of morpholine rings is 1. The summed E-state index contributed by atoms with van der Waals surface area (Å²) >= 11 is 0. The van der Waals surface area contributed by atoms with E-state index in [1.54, 1.807) is 0 Å². The highest BCUT2D eigenvalue weighted by Gasteiger charge is 2.40. The van der Waals surface area contributed by atoms with Gasteiger partial charge in [-0.3, -0.25) is 4.79 Å². The molecule has 2 fully saturated rings. The topological polar surface area (TPSA) is 45.3 Å². The maximum atomic E-state index is 12.5. The first-order valence-corrected chi connectivity index (χ1v) is 7.33. The van der Waals surface area contributed by atoms with Gasteiger partial charge in [-0.05, 0) is 31.4 Å². The molecule has 19 heavy (non-hydrogen) atoms. The van der Waals surface area contributed by atoms with Crippen LogP contribution in [0.3, 0.4) is 0 Å². The minimum Gasteiger partial charge on any atom is -0.371 e. The third-order valence-electron chi connectivity index (χ3n) is 4.41. The molecule has 0 bridgehead atoms. The van der Waals surface area contributed by atoms with Gasteiger partial charge in [-0.25, -0.2) is 0 Å². The van der Waals surface area contributed by atoms with Crippen LogP contribution in [0, 0.1) is 0 Å². The van der Waals surface area contributed by atoms with Gasteiger partial charge in [0, 0.05) is 12.2 Å². The fourth-order valence-electron chi connectivity index (χ4n) is 3.28. The lowest BCUT2D eigenvalue weighted by Crippen LogP contribution is -2.52. The lowest BCUT2D eigenvalue weighted by molar-refractivity contribution is -0.0949. The molecule has 104 valence electrons. The van der Waals surface area contributed by atoms with E-state index in [9.17, 15) is 4.79 Å². The van der Waals surface area contributed by atoms with Crippen molar-refractivity contribution in [3.8, 4) is 0 Å². The zero-order chi connectivity index (χ0) is 13.3. The van der Waals surface area contributed by atoms with Crippen LogP contribution in [0.5, 0.6) is 0 Å². The number of carbonyl (C=O) groups is 1. The molecule has 1 saturated heterocycles. The van der Waals surface area contributed by atoms with Crippen molar-refractivity contribution in [2.24, 2.45) is 0 Å². The molecule has 1 amide bonds. The minimum atomic E-state index is -0.0475. The Balaban J connectivity index is 1.72. The summed E-state index contributed by atoms with van der Waals surface area (Å²) in [5.74, 6) is 0.120. The zero-order valence-corrected chi connectivity index (χ0v) is 11.6. The van der Waals surface area contributed by atoms with E-state index in [1.807, 2.05) is 17.0 Å². The maximum absolute atomic E-state index is 12.5. The number of rotatable bonds is 2. The van der Waals surface area contributed by atoms with Gasteiger partial charge in [-0.15, -0.1) is 0 Å². The summed E-state index contributed by atoms with van der Waals surface area (Å²) in [6.45, 7) is 4.23. The van der Waals surface area contributed by atoms with Gasteiger partial charge in [0.1, 0.15) is 5.69 Å². The standard InChI is InChI=1S/C15H22N2O2/c1-2-12-5-6-13(16-12)14(18)17-9-10-19-15(11-17)7-3-4-8-15/h5-6,16H,2-4,7-11H2,1H3. The van der Waals surface area contributed by atoms with Crippen molar-refractivity contribution in [2.45, 2.75) is 44.6 Å². The van der Waals surface area contributed by atoms with Crippen LogP contribution in [0.15, 0.2) is 12.1 Å². The Labute approximate surface area is 114 Å². The summed E-state index contributed by atoms with van der Waals surface area (Å²) in [5, 5.41) is 0. The molecule has 1 N–H and O–H groups in total. The Kier molecular flexibility index (Phi) is 3.35. The van der Waals surface area contributed by atoms with Crippen molar-refractivity contribution < 1.29 is 9.53 Å². The molecule has 1 aromatic rings. The number of carbonyl (C=O) groups excluding carboxylic acids is 1. The first kappa shape index (κ1) is 12.7. The Hall–Kier alpha value is -1.29. The number of aromatic nitrogens is 1. The van der Waals surface area contributed by atoms with Crippen molar-refractivity contribution in [3.63, 3.8) is 0 Å². The SMILES string of the molecule is CCc1ccc(C(=O)N2CCOC3(CCCC3)C2)[nH]1. The van der Waals surface area contributed by atoms with Crippen LogP contribution in [-0.4, -0.2) is 41.1 Å². The van der Waals surface area contributed by atoms with Gasteiger partial charge in [0.05, 0.1) is 18.8 Å². The van der Waals surface area contributed by atoms with Crippen LogP contribution < -0.4 is 0 Å². The monoisotopic (exact) mass is 262 g/mol. The highest BCUT2D eigenvalue weighted by molar-refractivity contribution is 5.92. The van der Waals surface area contributed by atoms with Gasteiger partial charge < -0.3 is 14.6 Å². The number of ether oxygens (including phenoxy) is 1. The largest absolute Gasteiger partial charge is 0.371 e. The van der Waals surface area contributed by atoms with Crippen molar-refractivity contribution in [3.05, 3.63) is 23.5 Å². The van der Waals surface area contributed by atoms with E-state index in [0.29, 0.717) is 18.8 Å². The number of aryl methyl sites for hydroxylation is 1. The van der Waals surface area contributed by atoms with E-state index >= 15 is 0 Å². The third-order valence-corrected chi connectivity index (χ3v) is 4.41. The number of amides is 1. The van der Waals surface area contributed by atoms with Crippen molar-refractivity contribution >= 4 is 5.91 Å². The highest BCUT2D eigenvalue weighted by Crippen LogP contribution is 2.36. The Morgan fingerprint density at radius 1 is 1.42 bits per heavy atom. The normalized spacial score (nSPS) is 22.1. The van der Waals surface area contributed by atoms with Crippen LogP contribution in [-0.2, 0) is 11.2 Å². The molecule has 1 saturated carbocycles. The summed E-state index contributed by atoms with van der Waals surface area (Å²) in [6, 6.07) is 3.90. The van der Waals surface area contributed by atoms with Crippen LogP contribution in [0.4, 0.5) is 0 Å². The Morgan fingerprint density at radius 3 is 2.89 bits per heavy atom. The average molecular weight is 262 g/mol. The molecule has 0 radical (unpaired) electrons. The molecule has 0 unspecified atom stereocenters. The summed E-state index contributed by atoms with van der Waals surface area (Å²) in [5.41, 5.74) is 1.78. The van der Waals surface area contributed by atoms with E-state index in [1.165, 1.54) is 12.8 Å². The number of aromatic amines is 1. The second kappa shape index (κ2) is 5.00. The second-order valence-electron chi connectivity index (χ2n) is 5.72. The summed E-state index contributed by atoms with van der Waals surface area (Å²) < 4.78 is 5.96. The maximum Gasteiger partial charge on any atom is 0.270 e. The third kappa shape index (κ3) is 2.41. The van der Waals surface area contributed by atoms with Gasteiger partial charge in [0.25, 0.3) is 5.91 Å². The van der Waals surface area contributed by atoms with Gasteiger partial charge in [0.15, 0.2) is 0 Å². The van der Waals surface area contributed by atoms with E-state index in [0.717, 1.165) is 31.5 Å². The molecular weight excluding hydrogens is 240 g/mol. The molecule has 2 aliphatic rings. The predicted octanol–water partition coefficient (Wildman–Crippen LogP) is 2.36. The van der Waals surface area contributed by atoms with Crippen molar-refractivity contribution in [1.29, 1.82) is 0 Å². The van der Waals surface area contributed by atoms with E-state index in [-0.39, 0.29) is 11.5 Å².